The van der Waals surface area contributed by atoms with E-state index < -0.39 is 22.6 Å². The summed E-state index contributed by atoms with van der Waals surface area (Å²) in [7, 11) is -3.86. The van der Waals surface area contributed by atoms with Crippen molar-refractivity contribution in [2.45, 2.75) is 23.9 Å². The Kier molecular flexibility index (Phi) is 5.09. The molecule has 1 aromatic rings. The van der Waals surface area contributed by atoms with Crippen LogP contribution in [0.2, 0.25) is 0 Å². The van der Waals surface area contributed by atoms with Crippen molar-refractivity contribution in [3.63, 3.8) is 0 Å². The summed E-state index contributed by atoms with van der Waals surface area (Å²) in [6, 6.07) is 2.39. The standard InChI is InChI=1S/C9H13F3N4O2S/c10-9(11,12)3-1-4-15-19(17,18)7-2-5-14-8(6-7)16-13/h2,5-6,15H,1,3-4,13H2,(H,14,16). The van der Waals surface area contributed by atoms with E-state index in [0.717, 1.165) is 0 Å². The second-order valence-corrected chi connectivity index (χ2v) is 5.40. The molecule has 108 valence electrons. The Labute approximate surface area is 108 Å². The maximum Gasteiger partial charge on any atom is 0.389 e. The van der Waals surface area contributed by atoms with Gasteiger partial charge >= 0.3 is 6.18 Å². The summed E-state index contributed by atoms with van der Waals surface area (Å²) < 4.78 is 61.2. The predicted octanol–water partition coefficient (Wildman–Crippen LogP) is 0.988. The Bertz CT molecular complexity index is 518. The third-order valence-corrected chi connectivity index (χ3v) is 3.58. The van der Waals surface area contributed by atoms with Gasteiger partial charge in [0.2, 0.25) is 10.0 Å². The topological polar surface area (TPSA) is 97.1 Å². The predicted molar refractivity (Wildman–Crippen MR) is 62.5 cm³/mol. The first-order chi connectivity index (χ1) is 8.74. The molecule has 0 saturated heterocycles. The third-order valence-electron chi connectivity index (χ3n) is 2.12. The molecule has 1 rings (SSSR count). The van der Waals surface area contributed by atoms with Gasteiger partial charge in [0.05, 0.1) is 4.90 Å². The van der Waals surface area contributed by atoms with Gasteiger partial charge in [-0.15, -0.1) is 0 Å². The molecule has 19 heavy (non-hydrogen) atoms. The lowest BCUT2D eigenvalue weighted by molar-refractivity contribution is -0.135. The van der Waals surface area contributed by atoms with Crippen molar-refractivity contribution in [2.75, 3.05) is 12.0 Å². The van der Waals surface area contributed by atoms with Crippen LogP contribution in [0.4, 0.5) is 19.0 Å². The summed E-state index contributed by atoms with van der Waals surface area (Å²) in [4.78, 5) is 3.60. The molecule has 0 bridgehead atoms. The summed E-state index contributed by atoms with van der Waals surface area (Å²) in [5, 5.41) is 0. The molecule has 0 atom stereocenters. The lowest BCUT2D eigenvalue weighted by atomic mass is 10.3. The van der Waals surface area contributed by atoms with Crippen LogP contribution in [-0.4, -0.2) is 26.1 Å². The summed E-state index contributed by atoms with van der Waals surface area (Å²) in [6.45, 7) is -0.296. The molecule has 0 saturated carbocycles. The van der Waals surface area contributed by atoms with Gasteiger partial charge in [-0.25, -0.2) is 24.0 Å². The summed E-state index contributed by atoms with van der Waals surface area (Å²) in [5.74, 6) is 5.22. The van der Waals surface area contributed by atoms with Crippen LogP contribution in [0.5, 0.6) is 0 Å². The highest BCUT2D eigenvalue weighted by atomic mass is 32.2. The van der Waals surface area contributed by atoms with E-state index in [0.29, 0.717) is 0 Å². The number of halogens is 3. The molecule has 6 nitrogen and oxygen atoms in total. The highest BCUT2D eigenvalue weighted by Crippen LogP contribution is 2.21. The number of sulfonamides is 1. The molecule has 0 amide bonds. The molecule has 4 N–H and O–H groups in total. The Morgan fingerprint density at radius 1 is 1.37 bits per heavy atom. The van der Waals surface area contributed by atoms with E-state index in [4.69, 9.17) is 5.84 Å². The van der Waals surface area contributed by atoms with Crippen molar-refractivity contribution < 1.29 is 21.6 Å². The fourth-order valence-corrected chi connectivity index (χ4v) is 2.32. The van der Waals surface area contributed by atoms with E-state index >= 15 is 0 Å². The molecular formula is C9H13F3N4O2S. The summed E-state index contributed by atoms with van der Waals surface area (Å²) in [5.41, 5.74) is 2.17. The number of hydrogen-bond acceptors (Lipinski definition) is 5. The Morgan fingerprint density at radius 2 is 2.05 bits per heavy atom. The number of nitrogens with zero attached hydrogens (tertiary/aromatic N) is 1. The largest absolute Gasteiger partial charge is 0.389 e. The van der Waals surface area contributed by atoms with E-state index in [2.05, 4.69) is 15.1 Å². The van der Waals surface area contributed by atoms with Gasteiger partial charge in [-0.2, -0.15) is 13.2 Å². The maximum atomic E-state index is 11.9. The number of pyridine rings is 1. The summed E-state index contributed by atoms with van der Waals surface area (Å²) >= 11 is 0. The number of nitrogens with one attached hydrogen (secondary N) is 2. The monoisotopic (exact) mass is 298 g/mol. The fraction of sp³-hybridized carbons (Fsp3) is 0.444. The number of alkyl halides is 3. The van der Waals surface area contributed by atoms with Gasteiger partial charge in [0.15, 0.2) is 0 Å². The number of hydrogen-bond donors (Lipinski definition) is 3. The highest BCUT2D eigenvalue weighted by Gasteiger charge is 2.26. The van der Waals surface area contributed by atoms with Crippen LogP contribution in [0.15, 0.2) is 23.2 Å². The minimum atomic E-state index is -4.29. The van der Waals surface area contributed by atoms with E-state index in [1.54, 1.807) is 0 Å². The first-order valence-electron chi connectivity index (χ1n) is 5.24. The van der Waals surface area contributed by atoms with Gasteiger partial charge < -0.3 is 5.43 Å². The first kappa shape index (κ1) is 15.7. The molecule has 0 fully saturated rings. The molecule has 0 aliphatic rings. The second kappa shape index (κ2) is 6.17. The molecule has 10 heteroatoms. The fourth-order valence-electron chi connectivity index (χ4n) is 1.24. The zero-order valence-corrected chi connectivity index (χ0v) is 10.6. The van der Waals surface area contributed by atoms with Crippen LogP contribution in [0.25, 0.3) is 0 Å². The van der Waals surface area contributed by atoms with Gasteiger partial charge in [0.25, 0.3) is 0 Å². The van der Waals surface area contributed by atoms with Gasteiger partial charge in [0.1, 0.15) is 5.82 Å². The minimum absolute atomic E-state index is 0.123. The number of nitrogen functional groups attached to an aromatic ring is 1. The van der Waals surface area contributed by atoms with Crippen molar-refractivity contribution in [1.29, 1.82) is 0 Å². The lowest BCUT2D eigenvalue weighted by Gasteiger charge is -2.09. The number of hydrazine groups is 1. The van der Waals surface area contributed by atoms with Gasteiger partial charge in [0, 0.05) is 25.2 Å². The van der Waals surface area contributed by atoms with Crippen molar-refractivity contribution in [3.05, 3.63) is 18.3 Å². The van der Waals surface area contributed by atoms with Crippen LogP contribution in [0, 0.1) is 0 Å². The van der Waals surface area contributed by atoms with Crippen LogP contribution < -0.4 is 16.0 Å². The van der Waals surface area contributed by atoms with Crippen molar-refractivity contribution in [2.24, 2.45) is 5.84 Å². The summed E-state index contributed by atoms with van der Waals surface area (Å²) in [6.07, 6.45) is -4.44. The van der Waals surface area contributed by atoms with Crippen molar-refractivity contribution in [3.8, 4) is 0 Å². The smallest absolute Gasteiger partial charge is 0.308 e. The first-order valence-corrected chi connectivity index (χ1v) is 6.72. The van der Waals surface area contributed by atoms with E-state index in [-0.39, 0.29) is 23.7 Å². The van der Waals surface area contributed by atoms with Gasteiger partial charge in [-0.3, -0.25) is 0 Å². The van der Waals surface area contributed by atoms with Crippen LogP contribution in [-0.2, 0) is 10.0 Å². The van der Waals surface area contributed by atoms with Crippen LogP contribution in [0.1, 0.15) is 12.8 Å². The quantitative estimate of drug-likeness (QED) is 0.413. The van der Waals surface area contributed by atoms with Crippen molar-refractivity contribution >= 4 is 15.8 Å². The van der Waals surface area contributed by atoms with Crippen LogP contribution in [0.3, 0.4) is 0 Å². The molecule has 0 aromatic carbocycles. The lowest BCUT2D eigenvalue weighted by Crippen LogP contribution is -2.26. The second-order valence-electron chi connectivity index (χ2n) is 3.64. The normalized spacial score (nSPS) is 12.4. The highest BCUT2D eigenvalue weighted by molar-refractivity contribution is 7.89. The number of anilines is 1. The minimum Gasteiger partial charge on any atom is -0.308 e. The number of aromatic nitrogens is 1. The molecule has 0 radical (unpaired) electrons. The maximum absolute atomic E-state index is 11.9. The van der Waals surface area contributed by atoms with Gasteiger partial charge in [-0.1, -0.05) is 0 Å². The van der Waals surface area contributed by atoms with E-state index in [9.17, 15) is 21.6 Å². The molecule has 1 aromatic heterocycles. The molecule has 0 aliphatic carbocycles. The number of rotatable bonds is 6. The molecule has 0 spiro atoms. The molecule has 0 aliphatic heterocycles. The zero-order chi connectivity index (χ0) is 14.5. The average molecular weight is 298 g/mol. The SMILES string of the molecule is NNc1cc(S(=O)(=O)NCCCC(F)(F)F)ccn1. The number of nitrogens with two attached hydrogens (primary N) is 1. The van der Waals surface area contributed by atoms with Gasteiger partial charge in [-0.05, 0) is 12.5 Å². The van der Waals surface area contributed by atoms with E-state index in [1.807, 2.05) is 0 Å². The molecule has 1 heterocycles. The molecular weight excluding hydrogens is 285 g/mol. The Balaban J connectivity index is 2.61. The third kappa shape index (κ3) is 5.41. The van der Waals surface area contributed by atoms with Crippen molar-refractivity contribution in [1.82, 2.24) is 9.71 Å². The zero-order valence-electron chi connectivity index (χ0n) is 9.74. The average Bonchev–Trinajstić information content (AvgIpc) is 2.34. The van der Waals surface area contributed by atoms with E-state index in [1.165, 1.54) is 18.3 Å². The Hall–Kier alpha value is -1.39. The van der Waals surface area contributed by atoms with Crippen LogP contribution >= 0.6 is 0 Å². The molecule has 0 unspecified atom stereocenters. The Morgan fingerprint density at radius 3 is 2.63 bits per heavy atom.